The standard InChI is InChI=1S/C18H16N2O5S/c1-11-8-12-4-3-5-16(17(12)20-10-11)26(22,23)25-15-9-13(24-2)6-7-14(15)18(19)21/h3-10H,1-2H3,(H2,19,21). The van der Waals surface area contributed by atoms with Crippen molar-refractivity contribution in [1.29, 1.82) is 0 Å². The van der Waals surface area contributed by atoms with Crippen molar-refractivity contribution in [3.63, 3.8) is 0 Å². The topological polar surface area (TPSA) is 109 Å². The van der Waals surface area contributed by atoms with Gasteiger partial charge in [0.15, 0.2) is 5.75 Å². The average Bonchev–Trinajstić information content (AvgIpc) is 2.60. The maximum Gasteiger partial charge on any atom is 0.341 e. The number of methoxy groups -OCH3 is 1. The fourth-order valence-electron chi connectivity index (χ4n) is 2.51. The van der Waals surface area contributed by atoms with Crippen LogP contribution in [0.4, 0.5) is 0 Å². The molecule has 0 spiro atoms. The fourth-order valence-corrected chi connectivity index (χ4v) is 3.63. The van der Waals surface area contributed by atoms with Gasteiger partial charge in [0.25, 0.3) is 5.91 Å². The van der Waals surface area contributed by atoms with Crippen LogP contribution in [-0.4, -0.2) is 26.4 Å². The van der Waals surface area contributed by atoms with Crippen LogP contribution >= 0.6 is 0 Å². The van der Waals surface area contributed by atoms with Crippen molar-refractivity contribution in [2.45, 2.75) is 11.8 Å². The summed E-state index contributed by atoms with van der Waals surface area (Å²) >= 11 is 0. The molecule has 1 heterocycles. The van der Waals surface area contributed by atoms with Crippen LogP contribution in [0.25, 0.3) is 10.9 Å². The lowest BCUT2D eigenvalue weighted by Crippen LogP contribution is -2.17. The van der Waals surface area contributed by atoms with Crippen LogP contribution in [0, 0.1) is 6.92 Å². The number of pyridine rings is 1. The predicted molar refractivity (Wildman–Crippen MR) is 95.8 cm³/mol. The summed E-state index contributed by atoms with van der Waals surface area (Å²) in [7, 11) is -2.85. The normalized spacial score (nSPS) is 11.3. The SMILES string of the molecule is COc1ccc(C(N)=O)c(OS(=O)(=O)c2cccc3cc(C)cnc23)c1. The van der Waals surface area contributed by atoms with Gasteiger partial charge in [0.2, 0.25) is 0 Å². The van der Waals surface area contributed by atoms with Crippen molar-refractivity contribution in [2.75, 3.05) is 7.11 Å². The maximum atomic E-state index is 12.8. The lowest BCUT2D eigenvalue weighted by Gasteiger charge is -2.12. The summed E-state index contributed by atoms with van der Waals surface area (Å²) in [4.78, 5) is 15.7. The number of fused-ring (bicyclic) bond motifs is 1. The Labute approximate surface area is 150 Å². The van der Waals surface area contributed by atoms with E-state index in [1.54, 1.807) is 18.3 Å². The number of aryl methyl sites for hydroxylation is 1. The van der Waals surface area contributed by atoms with E-state index in [0.717, 1.165) is 5.56 Å². The lowest BCUT2D eigenvalue weighted by molar-refractivity contribution is 0.0999. The molecule has 0 bridgehead atoms. The monoisotopic (exact) mass is 372 g/mol. The van der Waals surface area contributed by atoms with E-state index in [-0.39, 0.29) is 21.7 Å². The van der Waals surface area contributed by atoms with E-state index >= 15 is 0 Å². The average molecular weight is 372 g/mol. The molecule has 1 amide bonds. The second kappa shape index (κ2) is 6.64. The molecule has 1 aromatic heterocycles. The van der Waals surface area contributed by atoms with Gasteiger partial charge in [0, 0.05) is 17.6 Å². The zero-order chi connectivity index (χ0) is 18.9. The molecule has 0 saturated heterocycles. The van der Waals surface area contributed by atoms with Crippen LogP contribution in [0.15, 0.2) is 53.6 Å². The van der Waals surface area contributed by atoms with Crippen LogP contribution in [0.3, 0.4) is 0 Å². The number of hydrogen-bond donors (Lipinski definition) is 1. The van der Waals surface area contributed by atoms with Crippen LogP contribution < -0.4 is 14.7 Å². The number of nitrogens with zero attached hydrogens (tertiary/aromatic N) is 1. The van der Waals surface area contributed by atoms with Gasteiger partial charge in [-0.15, -0.1) is 0 Å². The molecule has 0 aliphatic rings. The van der Waals surface area contributed by atoms with Crippen molar-refractivity contribution in [2.24, 2.45) is 5.73 Å². The summed E-state index contributed by atoms with van der Waals surface area (Å²) in [5, 5.41) is 0.662. The van der Waals surface area contributed by atoms with E-state index in [1.807, 2.05) is 13.0 Å². The van der Waals surface area contributed by atoms with E-state index in [0.29, 0.717) is 11.1 Å². The van der Waals surface area contributed by atoms with E-state index in [1.165, 1.54) is 31.4 Å². The summed E-state index contributed by atoms with van der Waals surface area (Å²) < 4.78 is 35.9. The van der Waals surface area contributed by atoms with Gasteiger partial charge < -0.3 is 14.7 Å². The lowest BCUT2D eigenvalue weighted by atomic mass is 10.2. The Morgan fingerprint density at radius 1 is 1.15 bits per heavy atom. The fraction of sp³-hybridized carbons (Fsp3) is 0.111. The van der Waals surface area contributed by atoms with E-state index < -0.39 is 16.0 Å². The van der Waals surface area contributed by atoms with Crippen LogP contribution in [0.2, 0.25) is 0 Å². The second-order valence-electron chi connectivity index (χ2n) is 5.60. The first kappa shape index (κ1) is 17.7. The molecular weight excluding hydrogens is 356 g/mol. The molecule has 2 N–H and O–H groups in total. The number of amides is 1. The third-order valence-electron chi connectivity index (χ3n) is 3.73. The highest BCUT2D eigenvalue weighted by molar-refractivity contribution is 7.87. The summed E-state index contributed by atoms with van der Waals surface area (Å²) in [6.07, 6.45) is 1.57. The van der Waals surface area contributed by atoms with Gasteiger partial charge in [-0.05, 0) is 36.8 Å². The van der Waals surface area contributed by atoms with Crippen LogP contribution in [0.5, 0.6) is 11.5 Å². The predicted octanol–water partition coefficient (Wildman–Crippen LogP) is 2.42. The number of para-hydroxylation sites is 1. The Kier molecular flexibility index (Phi) is 4.52. The number of carbonyl (C=O) groups excluding carboxylic acids is 1. The molecule has 26 heavy (non-hydrogen) atoms. The molecule has 3 aromatic rings. The molecule has 0 saturated carbocycles. The Morgan fingerprint density at radius 3 is 2.62 bits per heavy atom. The summed E-state index contributed by atoms with van der Waals surface area (Å²) in [6.45, 7) is 1.86. The molecular formula is C18H16N2O5S. The van der Waals surface area contributed by atoms with Gasteiger partial charge in [-0.25, -0.2) is 0 Å². The highest BCUT2D eigenvalue weighted by atomic mass is 32.2. The number of rotatable bonds is 5. The third-order valence-corrected chi connectivity index (χ3v) is 5.00. The molecule has 8 heteroatoms. The van der Waals surface area contributed by atoms with Crippen molar-refractivity contribution in [1.82, 2.24) is 4.98 Å². The number of ether oxygens (including phenoxy) is 1. The minimum atomic E-state index is -4.26. The van der Waals surface area contributed by atoms with E-state index in [4.69, 9.17) is 14.7 Å². The largest absolute Gasteiger partial charge is 0.497 e. The van der Waals surface area contributed by atoms with Gasteiger partial charge in [0.1, 0.15) is 10.6 Å². The van der Waals surface area contributed by atoms with E-state index in [9.17, 15) is 13.2 Å². The first-order valence-electron chi connectivity index (χ1n) is 7.59. The van der Waals surface area contributed by atoms with Crippen molar-refractivity contribution in [3.05, 3.63) is 59.8 Å². The molecule has 3 rings (SSSR count). The molecule has 0 aliphatic heterocycles. The Balaban J connectivity index is 2.12. The smallest absolute Gasteiger partial charge is 0.341 e. The molecule has 7 nitrogen and oxygen atoms in total. The number of aromatic nitrogens is 1. The summed E-state index contributed by atoms with van der Waals surface area (Å²) in [5.74, 6) is -0.697. The molecule has 0 unspecified atom stereocenters. The first-order chi connectivity index (χ1) is 12.3. The van der Waals surface area contributed by atoms with Crippen molar-refractivity contribution in [3.8, 4) is 11.5 Å². The molecule has 0 aliphatic carbocycles. The number of benzene rings is 2. The molecule has 0 fully saturated rings. The quantitative estimate of drug-likeness (QED) is 0.689. The van der Waals surface area contributed by atoms with Crippen molar-refractivity contribution >= 4 is 26.9 Å². The molecule has 2 aromatic carbocycles. The van der Waals surface area contributed by atoms with Gasteiger partial charge in [-0.3, -0.25) is 9.78 Å². The number of carbonyl (C=O) groups is 1. The Bertz CT molecular complexity index is 1110. The second-order valence-corrected chi connectivity index (χ2v) is 7.12. The molecule has 0 radical (unpaired) electrons. The first-order valence-corrected chi connectivity index (χ1v) is 9.00. The van der Waals surface area contributed by atoms with Gasteiger partial charge in [-0.2, -0.15) is 8.42 Å². The highest BCUT2D eigenvalue weighted by Gasteiger charge is 2.23. The maximum absolute atomic E-state index is 12.8. The number of hydrogen-bond acceptors (Lipinski definition) is 6. The molecule has 0 atom stereocenters. The van der Waals surface area contributed by atoms with Crippen molar-refractivity contribution < 1.29 is 22.1 Å². The number of primary amides is 1. The minimum Gasteiger partial charge on any atom is -0.497 e. The van der Waals surface area contributed by atoms with Gasteiger partial charge in [-0.1, -0.05) is 12.1 Å². The molecule has 134 valence electrons. The highest BCUT2D eigenvalue weighted by Crippen LogP contribution is 2.29. The summed E-state index contributed by atoms with van der Waals surface area (Å²) in [5.41, 5.74) is 6.41. The summed E-state index contributed by atoms with van der Waals surface area (Å²) in [6, 6.07) is 10.7. The van der Waals surface area contributed by atoms with Gasteiger partial charge >= 0.3 is 10.1 Å². The van der Waals surface area contributed by atoms with Gasteiger partial charge in [0.05, 0.1) is 18.2 Å². The zero-order valence-electron chi connectivity index (χ0n) is 14.1. The Hall–Kier alpha value is -3.13. The van der Waals surface area contributed by atoms with E-state index in [2.05, 4.69) is 4.98 Å². The van der Waals surface area contributed by atoms with Crippen LogP contribution in [-0.2, 0) is 10.1 Å². The third kappa shape index (κ3) is 3.31. The van der Waals surface area contributed by atoms with Crippen LogP contribution in [0.1, 0.15) is 15.9 Å². The zero-order valence-corrected chi connectivity index (χ0v) is 14.9. The number of nitrogens with two attached hydrogens (primary N) is 1. The Morgan fingerprint density at radius 2 is 1.92 bits per heavy atom. The minimum absolute atomic E-state index is 0.0709.